The summed E-state index contributed by atoms with van der Waals surface area (Å²) < 4.78 is 22.4. The molecule has 0 saturated heterocycles. The molecule has 1 N–H and O–H groups in total. The van der Waals surface area contributed by atoms with Gasteiger partial charge in [-0.2, -0.15) is 0 Å². The van der Waals surface area contributed by atoms with E-state index in [4.69, 9.17) is 0 Å². The van der Waals surface area contributed by atoms with Crippen molar-refractivity contribution in [3.05, 3.63) is 36.0 Å². The Morgan fingerprint density at radius 2 is 2.05 bits per heavy atom. The van der Waals surface area contributed by atoms with Gasteiger partial charge in [-0.25, -0.2) is 8.42 Å². The van der Waals surface area contributed by atoms with E-state index in [1.54, 1.807) is 0 Å². The van der Waals surface area contributed by atoms with Crippen molar-refractivity contribution >= 4 is 20.7 Å². The fourth-order valence-corrected chi connectivity index (χ4v) is 2.69. The molecule has 1 aromatic carbocycles. The molecule has 0 aliphatic carbocycles. The van der Waals surface area contributed by atoms with Crippen molar-refractivity contribution in [3.8, 4) is 0 Å². The van der Waals surface area contributed by atoms with E-state index in [2.05, 4.69) is 35.0 Å². The monoisotopic (exact) mass is 280 g/mol. The van der Waals surface area contributed by atoms with Crippen LogP contribution in [-0.4, -0.2) is 43.4 Å². The third kappa shape index (κ3) is 4.08. The van der Waals surface area contributed by atoms with E-state index in [0.717, 1.165) is 18.6 Å². The highest BCUT2D eigenvalue weighted by Crippen LogP contribution is 2.15. The molecule has 5 heteroatoms. The number of sulfone groups is 1. The van der Waals surface area contributed by atoms with Crippen LogP contribution in [0, 0.1) is 0 Å². The summed E-state index contributed by atoms with van der Waals surface area (Å²) in [5, 5.41) is 1.20. The molecule has 1 heterocycles. The molecule has 4 nitrogen and oxygen atoms in total. The first-order chi connectivity index (χ1) is 8.98. The molecule has 2 aromatic rings. The summed E-state index contributed by atoms with van der Waals surface area (Å²) >= 11 is 0. The van der Waals surface area contributed by atoms with Gasteiger partial charge in [0, 0.05) is 31.1 Å². The van der Waals surface area contributed by atoms with Crippen molar-refractivity contribution in [1.29, 1.82) is 0 Å². The van der Waals surface area contributed by atoms with Gasteiger partial charge < -0.3 is 4.98 Å². The smallest absolute Gasteiger partial charge is 0.148 e. The Morgan fingerprint density at radius 3 is 2.74 bits per heavy atom. The van der Waals surface area contributed by atoms with Crippen LogP contribution in [0.2, 0.25) is 0 Å². The van der Waals surface area contributed by atoms with Crippen molar-refractivity contribution in [2.24, 2.45) is 0 Å². The molecule has 0 saturated carbocycles. The van der Waals surface area contributed by atoms with E-state index in [0.29, 0.717) is 6.54 Å². The molecule has 0 aliphatic rings. The summed E-state index contributed by atoms with van der Waals surface area (Å²) in [4.78, 5) is 5.34. The van der Waals surface area contributed by atoms with E-state index in [9.17, 15) is 8.42 Å². The molecule has 0 atom stereocenters. The SMILES string of the molecule is CCN(CCS(C)(=O)=O)Cc1ccc2cc[nH]c2c1. The van der Waals surface area contributed by atoms with Crippen LogP contribution in [0.1, 0.15) is 12.5 Å². The maximum absolute atomic E-state index is 11.2. The van der Waals surface area contributed by atoms with E-state index in [-0.39, 0.29) is 5.75 Å². The van der Waals surface area contributed by atoms with Crippen LogP contribution in [0.4, 0.5) is 0 Å². The predicted octanol–water partition coefficient (Wildman–Crippen LogP) is 2.03. The number of hydrogen-bond donors (Lipinski definition) is 1. The summed E-state index contributed by atoms with van der Waals surface area (Å²) in [6.07, 6.45) is 3.21. The van der Waals surface area contributed by atoms with E-state index >= 15 is 0 Å². The average Bonchev–Trinajstić information content (AvgIpc) is 2.80. The largest absolute Gasteiger partial charge is 0.361 e. The number of benzene rings is 1. The van der Waals surface area contributed by atoms with Gasteiger partial charge >= 0.3 is 0 Å². The zero-order valence-electron chi connectivity index (χ0n) is 11.4. The second-order valence-electron chi connectivity index (χ2n) is 4.90. The second kappa shape index (κ2) is 5.75. The zero-order valence-corrected chi connectivity index (χ0v) is 12.2. The van der Waals surface area contributed by atoms with Crippen LogP contribution < -0.4 is 0 Å². The van der Waals surface area contributed by atoms with Crippen LogP contribution in [0.15, 0.2) is 30.5 Å². The van der Waals surface area contributed by atoms with Crippen LogP contribution in [0.3, 0.4) is 0 Å². The lowest BCUT2D eigenvalue weighted by Crippen LogP contribution is -2.28. The minimum Gasteiger partial charge on any atom is -0.361 e. The molecule has 0 amide bonds. The normalized spacial score (nSPS) is 12.4. The highest BCUT2D eigenvalue weighted by molar-refractivity contribution is 7.90. The number of rotatable bonds is 6. The van der Waals surface area contributed by atoms with Crippen molar-refractivity contribution < 1.29 is 8.42 Å². The fraction of sp³-hybridized carbons (Fsp3) is 0.429. The van der Waals surface area contributed by atoms with Crippen molar-refractivity contribution in [1.82, 2.24) is 9.88 Å². The summed E-state index contributed by atoms with van der Waals surface area (Å²) in [5.41, 5.74) is 2.32. The molecule has 19 heavy (non-hydrogen) atoms. The Hall–Kier alpha value is -1.33. The highest BCUT2D eigenvalue weighted by Gasteiger charge is 2.09. The highest BCUT2D eigenvalue weighted by atomic mass is 32.2. The van der Waals surface area contributed by atoms with Gasteiger partial charge in [0.25, 0.3) is 0 Å². The van der Waals surface area contributed by atoms with Crippen LogP contribution in [0.5, 0.6) is 0 Å². The first kappa shape index (κ1) is 14.1. The number of H-pyrrole nitrogens is 1. The van der Waals surface area contributed by atoms with Gasteiger partial charge in [-0.15, -0.1) is 0 Å². The van der Waals surface area contributed by atoms with Crippen LogP contribution in [-0.2, 0) is 16.4 Å². The Labute approximate surface area is 114 Å². The molecular weight excluding hydrogens is 260 g/mol. The van der Waals surface area contributed by atoms with Gasteiger partial charge in [-0.1, -0.05) is 19.1 Å². The second-order valence-corrected chi connectivity index (χ2v) is 7.16. The number of nitrogens with zero attached hydrogens (tertiary/aromatic N) is 1. The predicted molar refractivity (Wildman–Crippen MR) is 79.0 cm³/mol. The van der Waals surface area contributed by atoms with Crippen LogP contribution >= 0.6 is 0 Å². The van der Waals surface area contributed by atoms with Crippen molar-refractivity contribution in [3.63, 3.8) is 0 Å². The van der Waals surface area contributed by atoms with Gasteiger partial charge in [0.05, 0.1) is 5.75 Å². The minimum absolute atomic E-state index is 0.214. The molecule has 104 valence electrons. The standard InChI is InChI=1S/C14H20N2O2S/c1-3-16(8-9-19(2,17)18)11-12-4-5-13-6-7-15-14(13)10-12/h4-7,10,15H,3,8-9,11H2,1-2H3. The van der Waals surface area contributed by atoms with Gasteiger partial charge in [0.1, 0.15) is 9.84 Å². The van der Waals surface area contributed by atoms with E-state index < -0.39 is 9.84 Å². The summed E-state index contributed by atoms with van der Waals surface area (Å²) in [5.74, 6) is 0.214. The van der Waals surface area contributed by atoms with Crippen LogP contribution in [0.25, 0.3) is 10.9 Å². The average molecular weight is 280 g/mol. The van der Waals surface area contributed by atoms with Crippen molar-refractivity contribution in [2.75, 3.05) is 25.1 Å². The van der Waals surface area contributed by atoms with Gasteiger partial charge in [0.2, 0.25) is 0 Å². The summed E-state index contributed by atoms with van der Waals surface area (Å²) in [6.45, 7) is 4.26. The van der Waals surface area contributed by atoms with Gasteiger partial charge in [-0.3, -0.25) is 4.90 Å². The Balaban J connectivity index is 2.04. The summed E-state index contributed by atoms with van der Waals surface area (Å²) in [6, 6.07) is 8.35. The molecule has 0 radical (unpaired) electrons. The minimum atomic E-state index is -2.90. The Kier molecular flexibility index (Phi) is 4.27. The first-order valence-electron chi connectivity index (χ1n) is 6.44. The lowest BCUT2D eigenvalue weighted by Gasteiger charge is -2.19. The number of hydrogen-bond acceptors (Lipinski definition) is 3. The molecule has 1 aromatic heterocycles. The molecule has 0 spiro atoms. The summed E-state index contributed by atoms with van der Waals surface area (Å²) in [7, 11) is -2.90. The third-order valence-corrected chi connectivity index (χ3v) is 4.18. The number of nitrogens with one attached hydrogen (secondary N) is 1. The first-order valence-corrected chi connectivity index (χ1v) is 8.50. The van der Waals surface area contributed by atoms with Gasteiger partial charge in [0.15, 0.2) is 0 Å². The number of aromatic nitrogens is 1. The lowest BCUT2D eigenvalue weighted by atomic mass is 10.1. The number of aromatic amines is 1. The molecule has 0 aliphatic heterocycles. The fourth-order valence-electron chi connectivity index (χ4n) is 2.10. The molecule has 2 rings (SSSR count). The molecule has 0 bridgehead atoms. The molecular formula is C14H20N2O2S. The van der Waals surface area contributed by atoms with E-state index in [1.807, 2.05) is 12.3 Å². The topological polar surface area (TPSA) is 53.2 Å². The van der Waals surface area contributed by atoms with E-state index in [1.165, 1.54) is 17.2 Å². The quantitative estimate of drug-likeness (QED) is 0.881. The van der Waals surface area contributed by atoms with Crippen molar-refractivity contribution in [2.45, 2.75) is 13.5 Å². The molecule has 0 fully saturated rings. The zero-order chi connectivity index (χ0) is 13.9. The third-order valence-electron chi connectivity index (χ3n) is 3.25. The Bertz CT molecular complexity index is 646. The lowest BCUT2D eigenvalue weighted by molar-refractivity contribution is 0.297. The number of fused-ring (bicyclic) bond motifs is 1. The molecule has 0 unspecified atom stereocenters. The van der Waals surface area contributed by atoms with Gasteiger partial charge in [-0.05, 0) is 29.6 Å². The maximum atomic E-state index is 11.2. The Morgan fingerprint density at radius 1 is 1.26 bits per heavy atom. The maximum Gasteiger partial charge on any atom is 0.148 e.